The zero-order chi connectivity index (χ0) is 18.5. The van der Waals surface area contributed by atoms with Crippen LogP contribution in [-0.2, 0) is 16.6 Å². The maximum atomic E-state index is 13.0. The number of hydrogen-bond donors (Lipinski definition) is 1. The van der Waals surface area contributed by atoms with E-state index in [1.54, 1.807) is 4.52 Å². The summed E-state index contributed by atoms with van der Waals surface area (Å²) in [4.78, 5) is 5.61. The molecule has 0 spiro atoms. The van der Waals surface area contributed by atoms with Crippen molar-refractivity contribution in [3.05, 3.63) is 44.7 Å². The van der Waals surface area contributed by atoms with Crippen molar-refractivity contribution < 1.29 is 8.42 Å². The Labute approximate surface area is 152 Å². The predicted molar refractivity (Wildman–Crippen MR) is 99.8 cm³/mol. The van der Waals surface area contributed by atoms with E-state index in [-0.39, 0.29) is 6.54 Å². The van der Waals surface area contributed by atoms with Gasteiger partial charge in [0.1, 0.15) is 5.01 Å². The molecule has 3 aromatic rings. The largest absolute Gasteiger partial charge is 0.241 e. The molecule has 0 amide bonds. The number of nitrogens with zero attached hydrogens (tertiary/aromatic N) is 3. The fourth-order valence-electron chi connectivity index (χ4n) is 3.01. The van der Waals surface area contributed by atoms with E-state index in [1.807, 2.05) is 47.6 Å². The van der Waals surface area contributed by atoms with Crippen molar-refractivity contribution in [2.24, 2.45) is 0 Å². The van der Waals surface area contributed by atoms with Crippen molar-refractivity contribution in [3.8, 4) is 0 Å². The minimum atomic E-state index is -3.64. The third-order valence-corrected chi connectivity index (χ3v) is 7.09. The Morgan fingerprint density at radius 1 is 1.08 bits per heavy atom. The molecule has 0 aliphatic rings. The van der Waals surface area contributed by atoms with E-state index in [2.05, 4.69) is 14.8 Å². The first-order chi connectivity index (χ1) is 11.6. The molecule has 0 aliphatic heterocycles. The topological polar surface area (TPSA) is 76.4 Å². The van der Waals surface area contributed by atoms with E-state index >= 15 is 0 Å². The number of aromatic nitrogens is 3. The molecule has 0 saturated carbocycles. The zero-order valence-electron chi connectivity index (χ0n) is 15.3. The van der Waals surface area contributed by atoms with Gasteiger partial charge in [-0.15, -0.1) is 0 Å². The molecule has 25 heavy (non-hydrogen) atoms. The molecule has 134 valence electrons. The van der Waals surface area contributed by atoms with Crippen LogP contribution in [-0.4, -0.2) is 23.0 Å². The Hall–Kier alpha value is -1.77. The second-order valence-corrected chi connectivity index (χ2v) is 9.24. The van der Waals surface area contributed by atoms with E-state index in [0.29, 0.717) is 4.90 Å². The molecule has 6 nitrogen and oxygen atoms in total. The zero-order valence-corrected chi connectivity index (χ0v) is 16.9. The number of sulfonamides is 1. The van der Waals surface area contributed by atoms with Crippen molar-refractivity contribution in [2.75, 3.05) is 0 Å². The Kier molecular flexibility index (Phi) is 4.47. The molecule has 0 bridgehead atoms. The summed E-state index contributed by atoms with van der Waals surface area (Å²) in [5.41, 5.74) is 5.08. The van der Waals surface area contributed by atoms with Crippen LogP contribution < -0.4 is 4.72 Å². The number of aryl methyl sites for hydroxylation is 4. The highest BCUT2D eigenvalue weighted by molar-refractivity contribution is 7.89. The highest BCUT2D eigenvalue weighted by Crippen LogP contribution is 2.26. The summed E-state index contributed by atoms with van der Waals surface area (Å²) in [5, 5.41) is 5.30. The van der Waals surface area contributed by atoms with Crippen LogP contribution in [0.3, 0.4) is 0 Å². The fraction of sp³-hybridized carbons (Fsp3) is 0.412. The summed E-state index contributed by atoms with van der Waals surface area (Å²) in [6.07, 6.45) is 0. The summed E-state index contributed by atoms with van der Waals surface area (Å²) in [5.74, 6) is 0. The van der Waals surface area contributed by atoms with Gasteiger partial charge in [0.2, 0.25) is 15.0 Å². The summed E-state index contributed by atoms with van der Waals surface area (Å²) in [6, 6.07) is 2.02. The second-order valence-electron chi connectivity index (χ2n) is 6.37. The third-order valence-electron chi connectivity index (χ3n) is 4.59. The predicted octanol–water partition coefficient (Wildman–Crippen LogP) is 3.12. The Morgan fingerprint density at radius 3 is 2.28 bits per heavy atom. The maximum Gasteiger partial charge on any atom is 0.241 e. The maximum absolute atomic E-state index is 13.0. The van der Waals surface area contributed by atoms with Crippen molar-refractivity contribution in [1.82, 2.24) is 19.3 Å². The fourth-order valence-corrected chi connectivity index (χ4v) is 5.41. The van der Waals surface area contributed by atoms with Gasteiger partial charge in [0.25, 0.3) is 0 Å². The number of fused-ring (bicyclic) bond motifs is 1. The molecule has 0 aliphatic carbocycles. The highest BCUT2D eigenvalue weighted by atomic mass is 32.2. The lowest BCUT2D eigenvalue weighted by Crippen LogP contribution is -2.26. The molecule has 2 aromatic heterocycles. The normalized spacial score (nSPS) is 12.2. The lowest BCUT2D eigenvalue weighted by molar-refractivity contribution is 0.577. The van der Waals surface area contributed by atoms with Crippen LogP contribution in [0.25, 0.3) is 4.96 Å². The first kappa shape index (κ1) is 18.0. The molecule has 8 heteroatoms. The van der Waals surface area contributed by atoms with Crippen molar-refractivity contribution in [1.29, 1.82) is 0 Å². The van der Waals surface area contributed by atoms with Crippen molar-refractivity contribution >= 4 is 26.3 Å². The lowest BCUT2D eigenvalue weighted by Gasteiger charge is -2.16. The molecular formula is C17H22N4O2S2. The minimum absolute atomic E-state index is 0.157. The van der Waals surface area contributed by atoms with Crippen LogP contribution >= 0.6 is 11.3 Å². The third kappa shape index (κ3) is 3.09. The molecule has 0 unspecified atom stereocenters. The van der Waals surface area contributed by atoms with Crippen LogP contribution in [0.4, 0.5) is 0 Å². The molecular weight excluding hydrogens is 356 g/mol. The number of hydrogen-bond acceptors (Lipinski definition) is 5. The molecule has 0 atom stereocenters. The monoisotopic (exact) mass is 378 g/mol. The molecule has 2 heterocycles. The van der Waals surface area contributed by atoms with Crippen LogP contribution in [0, 0.1) is 41.5 Å². The van der Waals surface area contributed by atoms with E-state index in [0.717, 1.165) is 43.6 Å². The SMILES string of the molecule is Cc1nn2c(CNS(=O)(=O)c3c(C)c(C)cc(C)c3C)c(C)nc2s1. The molecule has 1 N–H and O–H groups in total. The van der Waals surface area contributed by atoms with Crippen LogP contribution in [0.2, 0.25) is 0 Å². The van der Waals surface area contributed by atoms with E-state index in [9.17, 15) is 8.42 Å². The van der Waals surface area contributed by atoms with Gasteiger partial charge in [-0.1, -0.05) is 17.4 Å². The smallest absolute Gasteiger partial charge is 0.223 e. The van der Waals surface area contributed by atoms with E-state index in [4.69, 9.17) is 0 Å². The van der Waals surface area contributed by atoms with Gasteiger partial charge in [0.05, 0.1) is 22.8 Å². The summed E-state index contributed by atoms with van der Waals surface area (Å²) in [7, 11) is -3.64. The Bertz CT molecular complexity index is 1050. The second kappa shape index (κ2) is 6.19. The quantitative estimate of drug-likeness (QED) is 0.757. The van der Waals surface area contributed by atoms with Crippen molar-refractivity contribution in [3.63, 3.8) is 0 Å². The number of rotatable bonds is 4. The first-order valence-corrected chi connectivity index (χ1v) is 10.3. The Balaban J connectivity index is 1.99. The number of imidazole rings is 1. The van der Waals surface area contributed by atoms with Crippen LogP contribution in [0.15, 0.2) is 11.0 Å². The average Bonchev–Trinajstić information content (AvgIpc) is 2.98. The summed E-state index contributed by atoms with van der Waals surface area (Å²) >= 11 is 1.49. The van der Waals surface area contributed by atoms with Gasteiger partial charge >= 0.3 is 0 Å². The van der Waals surface area contributed by atoms with Gasteiger partial charge in [0, 0.05) is 0 Å². The molecule has 0 saturated heterocycles. The molecule has 3 rings (SSSR count). The number of nitrogens with one attached hydrogen (secondary N) is 1. The molecule has 1 aromatic carbocycles. The highest BCUT2D eigenvalue weighted by Gasteiger charge is 2.23. The average molecular weight is 379 g/mol. The number of benzene rings is 1. The van der Waals surface area contributed by atoms with Crippen molar-refractivity contribution in [2.45, 2.75) is 53.0 Å². The standard InChI is InChI=1S/C17H22N4O2S2/c1-9-7-10(2)12(4)16(11(9)3)25(22,23)18-8-15-13(5)19-17-21(15)20-14(6)24-17/h7,18H,8H2,1-6H3. The van der Waals surface area contributed by atoms with E-state index in [1.165, 1.54) is 11.3 Å². The van der Waals surface area contributed by atoms with Gasteiger partial charge in [-0.25, -0.2) is 22.6 Å². The van der Waals surface area contributed by atoms with Gasteiger partial charge in [-0.05, 0) is 63.8 Å². The van der Waals surface area contributed by atoms with Crippen LogP contribution in [0.1, 0.15) is 38.6 Å². The lowest BCUT2D eigenvalue weighted by atomic mass is 10.0. The molecule has 0 fully saturated rings. The Morgan fingerprint density at radius 2 is 1.68 bits per heavy atom. The van der Waals surface area contributed by atoms with Gasteiger partial charge in [0.15, 0.2) is 0 Å². The van der Waals surface area contributed by atoms with Crippen LogP contribution in [0.5, 0.6) is 0 Å². The summed E-state index contributed by atoms with van der Waals surface area (Å²) in [6.45, 7) is 11.5. The first-order valence-electron chi connectivity index (χ1n) is 8.00. The van der Waals surface area contributed by atoms with Gasteiger partial charge < -0.3 is 0 Å². The van der Waals surface area contributed by atoms with Gasteiger partial charge in [-0.3, -0.25) is 0 Å². The molecule has 0 radical (unpaired) electrons. The van der Waals surface area contributed by atoms with E-state index < -0.39 is 10.0 Å². The summed E-state index contributed by atoms with van der Waals surface area (Å²) < 4.78 is 30.4. The minimum Gasteiger partial charge on any atom is -0.223 e. The van der Waals surface area contributed by atoms with Gasteiger partial charge in [-0.2, -0.15) is 5.10 Å².